The summed E-state index contributed by atoms with van der Waals surface area (Å²) in [7, 11) is 0. The number of hydrogen-bond acceptors (Lipinski definition) is 3. The van der Waals surface area contributed by atoms with Gasteiger partial charge < -0.3 is 14.8 Å². The van der Waals surface area contributed by atoms with Gasteiger partial charge in [0.1, 0.15) is 0 Å². The van der Waals surface area contributed by atoms with Crippen LogP contribution in [0.4, 0.5) is 13.2 Å². The summed E-state index contributed by atoms with van der Waals surface area (Å²) < 4.78 is 52.3. The van der Waals surface area contributed by atoms with Crippen molar-refractivity contribution in [3.63, 3.8) is 0 Å². The normalized spacial score (nSPS) is 21.2. The summed E-state index contributed by atoms with van der Waals surface area (Å²) in [5, 5.41) is 4.67. The van der Waals surface area contributed by atoms with E-state index in [0.29, 0.717) is 24.1 Å². The van der Waals surface area contributed by atoms with Crippen LogP contribution >= 0.6 is 0 Å². The Labute approximate surface area is 167 Å². The molecule has 0 aliphatic carbocycles. The summed E-state index contributed by atoms with van der Waals surface area (Å²) in [6.07, 6.45) is -5.61. The molecular weight excluding hydrogens is 379 g/mol. The van der Waals surface area contributed by atoms with Gasteiger partial charge in [-0.25, -0.2) is 0 Å². The molecule has 3 unspecified atom stereocenters. The number of rotatable bonds is 4. The molecule has 6 heteroatoms. The van der Waals surface area contributed by atoms with Crippen LogP contribution in [0.1, 0.15) is 35.8 Å². The Morgan fingerprint density at radius 1 is 1.03 bits per heavy atom. The minimum Gasteiger partial charge on any atom is -0.349 e. The Morgan fingerprint density at radius 2 is 1.76 bits per heavy atom. The number of benzene rings is 3. The maximum Gasteiger partial charge on any atom is 0.416 e. The van der Waals surface area contributed by atoms with Crippen molar-refractivity contribution in [1.29, 1.82) is 0 Å². The molecule has 0 saturated carbocycles. The average molecular weight is 401 g/mol. The lowest BCUT2D eigenvalue weighted by Gasteiger charge is -2.35. The van der Waals surface area contributed by atoms with Gasteiger partial charge in [0.05, 0.1) is 24.3 Å². The first kappa shape index (κ1) is 19.9. The quantitative estimate of drug-likeness (QED) is 0.615. The monoisotopic (exact) mass is 401 g/mol. The van der Waals surface area contributed by atoms with Crippen molar-refractivity contribution in [2.75, 3.05) is 13.2 Å². The van der Waals surface area contributed by atoms with E-state index >= 15 is 0 Å². The molecule has 3 atom stereocenters. The molecule has 1 heterocycles. The SMILES string of the molecule is CC(OC1OCCNC1c1ccccc1)c1cc(C(F)(F)F)cc2ccccc12. The van der Waals surface area contributed by atoms with E-state index < -0.39 is 24.1 Å². The highest BCUT2D eigenvalue weighted by atomic mass is 19.4. The Balaban J connectivity index is 1.67. The van der Waals surface area contributed by atoms with Crippen molar-refractivity contribution in [3.8, 4) is 0 Å². The number of halogens is 3. The Hall–Kier alpha value is -2.41. The Morgan fingerprint density at radius 3 is 2.52 bits per heavy atom. The molecule has 3 aromatic rings. The van der Waals surface area contributed by atoms with Crippen molar-refractivity contribution < 1.29 is 22.6 Å². The smallest absolute Gasteiger partial charge is 0.349 e. The number of nitrogens with one attached hydrogen (secondary N) is 1. The average Bonchev–Trinajstić information content (AvgIpc) is 2.73. The maximum atomic E-state index is 13.4. The third-order valence-corrected chi connectivity index (χ3v) is 5.18. The van der Waals surface area contributed by atoms with Crippen LogP contribution in [0.2, 0.25) is 0 Å². The van der Waals surface area contributed by atoms with Crippen LogP contribution in [0.25, 0.3) is 10.8 Å². The molecule has 3 aromatic carbocycles. The van der Waals surface area contributed by atoms with E-state index in [4.69, 9.17) is 9.47 Å². The molecule has 3 nitrogen and oxygen atoms in total. The molecular formula is C23H22F3NO2. The molecule has 1 N–H and O–H groups in total. The standard InChI is InChI=1S/C23H22F3NO2/c1-15(29-22-21(27-11-12-28-22)16-7-3-2-4-8-16)20-14-18(23(24,25)26)13-17-9-5-6-10-19(17)20/h2-10,13-15,21-22,27H,11-12H2,1H3. The lowest BCUT2D eigenvalue weighted by Crippen LogP contribution is -2.43. The van der Waals surface area contributed by atoms with Crippen LogP contribution in [0.5, 0.6) is 0 Å². The van der Waals surface area contributed by atoms with Crippen molar-refractivity contribution in [1.82, 2.24) is 5.32 Å². The minimum absolute atomic E-state index is 0.190. The van der Waals surface area contributed by atoms with E-state index in [-0.39, 0.29) is 6.04 Å². The summed E-state index contributed by atoms with van der Waals surface area (Å²) in [6.45, 7) is 2.92. The van der Waals surface area contributed by atoms with E-state index in [1.54, 1.807) is 19.1 Å². The number of alkyl halides is 3. The second-order valence-electron chi connectivity index (χ2n) is 7.14. The molecule has 0 amide bonds. The molecule has 1 aliphatic heterocycles. The van der Waals surface area contributed by atoms with Crippen LogP contribution < -0.4 is 5.32 Å². The molecule has 0 spiro atoms. The van der Waals surface area contributed by atoms with Gasteiger partial charge >= 0.3 is 6.18 Å². The fourth-order valence-electron chi connectivity index (χ4n) is 3.75. The second kappa shape index (κ2) is 8.14. The number of hydrogen-bond donors (Lipinski definition) is 1. The highest BCUT2D eigenvalue weighted by molar-refractivity contribution is 5.87. The predicted molar refractivity (Wildman–Crippen MR) is 105 cm³/mol. The van der Waals surface area contributed by atoms with Crippen molar-refractivity contribution in [2.45, 2.75) is 31.5 Å². The van der Waals surface area contributed by atoms with Gasteiger partial charge in [0, 0.05) is 6.54 Å². The van der Waals surface area contributed by atoms with Gasteiger partial charge in [0.25, 0.3) is 0 Å². The van der Waals surface area contributed by atoms with Crippen LogP contribution in [0.15, 0.2) is 66.7 Å². The summed E-state index contributed by atoms with van der Waals surface area (Å²) in [5.41, 5.74) is 0.832. The first-order chi connectivity index (χ1) is 13.9. The van der Waals surface area contributed by atoms with E-state index in [9.17, 15) is 13.2 Å². The van der Waals surface area contributed by atoms with Crippen molar-refractivity contribution in [3.05, 3.63) is 83.4 Å². The van der Waals surface area contributed by atoms with Gasteiger partial charge in [0.2, 0.25) is 0 Å². The zero-order valence-electron chi connectivity index (χ0n) is 15.9. The third-order valence-electron chi connectivity index (χ3n) is 5.18. The van der Waals surface area contributed by atoms with E-state index in [1.807, 2.05) is 42.5 Å². The summed E-state index contributed by atoms with van der Waals surface area (Å²) in [4.78, 5) is 0. The van der Waals surface area contributed by atoms with Gasteiger partial charge in [-0.05, 0) is 41.0 Å². The summed E-state index contributed by atoms with van der Waals surface area (Å²) in [5.74, 6) is 0. The van der Waals surface area contributed by atoms with Gasteiger partial charge in [0.15, 0.2) is 6.29 Å². The topological polar surface area (TPSA) is 30.5 Å². The lowest BCUT2D eigenvalue weighted by molar-refractivity contribution is -0.199. The largest absolute Gasteiger partial charge is 0.416 e. The summed E-state index contributed by atoms with van der Waals surface area (Å²) >= 11 is 0. The first-order valence-electron chi connectivity index (χ1n) is 9.59. The lowest BCUT2D eigenvalue weighted by atomic mass is 9.97. The molecule has 1 aliphatic rings. The zero-order chi connectivity index (χ0) is 20.4. The molecule has 1 saturated heterocycles. The van der Waals surface area contributed by atoms with Crippen LogP contribution in [0.3, 0.4) is 0 Å². The zero-order valence-corrected chi connectivity index (χ0v) is 15.9. The number of ether oxygens (including phenoxy) is 2. The van der Waals surface area contributed by atoms with E-state index in [0.717, 1.165) is 10.9 Å². The molecule has 29 heavy (non-hydrogen) atoms. The summed E-state index contributed by atoms with van der Waals surface area (Å²) in [6, 6.07) is 19.0. The number of morpholine rings is 1. The van der Waals surface area contributed by atoms with Crippen molar-refractivity contribution >= 4 is 10.8 Å². The van der Waals surface area contributed by atoms with Gasteiger partial charge in [-0.15, -0.1) is 0 Å². The van der Waals surface area contributed by atoms with Gasteiger partial charge in [-0.2, -0.15) is 13.2 Å². The minimum atomic E-state index is -4.42. The highest BCUT2D eigenvalue weighted by Crippen LogP contribution is 2.37. The fourth-order valence-corrected chi connectivity index (χ4v) is 3.75. The Bertz CT molecular complexity index is 975. The van der Waals surface area contributed by atoms with Gasteiger partial charge in [-0.1, -0.05) is 54.6 Å². The van der Waals surface area contributed by atoms with E-state index in [1.165, 1.54) is 12.1 Å². The van der Waals surface area contributed by atoms with Crippen LogP contribution in [-0.2, 0) is 15.7 Å². The molecule has 0 radical (unpaired) electrons. The highest BCUT2D eigenvalue weighted by Gasteiger charge is 2.33. The second-order valence-corrected chi connectivity index (χ2v) is 7.14. The fraction of sp³-hybridized carbons (Fsp3) is 0.304. The molecule has 1 fully saturated rings. The molecule has 0 aromatic heterocycles. The molecule has 4 rings (SSSR count). The Kier molecular flexibility index (Phi) is 5.58. The molecule has 0 bridgehead atoms. The number of fused-ring (bicyclic) bond motifs is 1. The third kappa shape index (κ3) is 4.29. The van der Waals surface area contributed by atoms with E-state index in [2.05, 4.69) is 5.32 Å². The first-order valence-corrected chi connectivity index (χ1v) is 9.59. The van der Waals surface area contributed by atoms with Crippen LogP contribution in [-0.4, -0.2) is 19.4 Å². The van der Waals surface area contributed by atoms with Gasteiger partial charge in [-0.3, -0.25) is 0 Å². The molecule has 152 valence electrons. The maximum absolute atomic E-state index is 13.4. The van der Waals surface area contributed by atoms with Crippen LogP contribution in [0, 0.1) is 0 Å². The van der Waals surface area contributed by atoms with Crippen molar-refractivity contribution in [2.24, 2.45) is 0 Å². The predicted octanol–water partition coefficient (Wildman–Crippen LogP) is 5.62.